The first kappa shape index (κ1) is 19.3. The summed E-state index contributed by atoms with van der Waals surface area (Å²) < 4.78 is 7.05. The lowest BCUT2D eigenvalue weighted by molar-refractivity contribution is 0.403. The summed E-state index contributed by atoms with van der Waals surface area (Å²) >= 11 is 0. The van der Waals surface area contributed by atoms with Gasteiger partial charge in [-0.1, -0.05) is 30.3 Å². The molecule has 0 fully saturated rings. The lowest BCUT2D eigenvalue weighted by Crippen LogP contribution is -2.22. The van der Waals surface area contributed by atoms with Crippen molar-refractivity contribution >= 4 is 11.9 Å². The molecule has 0 aliphatic heterocycles. The molecule has 3 rings (SSSR count). The minimum absolute atomic E-state index is 0.0894. The van der Waals surface area contributed by atoms with E-state index in [1.165, 1.54) is 16.8 Å². The maximum atomic E-state index is 12.1. The number of ether oxygens (including phenoxy) is 1. The molecule has 0 unspecified atom stereocenters. The average molecular weight is 381 g/mol. The van der Waals surface area contributed by atoms with E-state index in [1.54, 1.807) is 0 Å². The van der Waals surface area contributed by atoms with Gasteiger partial charge in [0.2, 0.25) is 17.8 Å². The second-order valence-electron chi connectivity index (χ2n) is 6.35. The van der Waals surface area contributed by atoms with Crippen LogP contribution in [0.15, 0.2) is 47.3 Å². The van der Waals surface area contributed by atoms with Crippen molar-refractivity contribution in [3.63, 3.8) is 0 Å². The third-order valence-corrected chi connectivity index (χ3v) is 3.58. The minimum Gasteiger partial charge on any atom is -0.403 e. The fourth-order valence-electron chi connectivity index (χ4n) is 2.41. The van der Waals surface area contributed by atoms with Gasteiger partial charge in [-0.3, -0.25) is 4.79 Å². The highest BCUT2D eigenvalue weighted by Crippen LogP contribution is 2.17. The number of hydrogen-bond acceptors (Lipinski definition) is 8. The molecular formula is C19H23N7O2. The Morgan fingerprint density at radius 2 is 1.79 bits per heavy atom. The van der Waals surface area contributed by atoms with Crippen LogP contribution in [-0.4, -0.2) is 37.3 Å². The fourth-order valence-corrected chi connectivity index (χ4v) is 2.41. The summed E-state index contributed by atoms with van der Waals surface area (Å²) in [5.41, 5.74) is 0.745. The predicted molar refractivity (Wildman–Crippen MR) is 107 cm³/mol. The van der Waals surface area contributed by atoms with Crippen molar-refractivity contribution in [2.24, 2.45) is 0 Å². The molecule has 9 nitrogen and oxygen atoms in total. The Bertz CT molecular complexity index is 974. The molecule has 2 aromatic heterocycles. The van der Waals surface area contributed by atoms with Crippen molar-refractivity contribution in [2.75, 3.05) is 17.2 Å². The maximum absolute atomic E-state index is 12.1. The number of nitrogens with one attached hydrogen (secondary N) is 2. The summed E-state index contributed by atoms with van der Waals surface area (Å²) in [6.45, 7) is 6.92. The van der Waals surface area contributed by atoms with Crippen LogP contribution in [0, 0.1) is 0 Å². The smallest absolute Gasteiger partial charge is 0.330 e. The van der Waals surface area contributed by atoms with E-state index in [-0.39, 0.29) is 23.5 Å². The third kappa shape index (κ3) is 5.26. The van der Waals surface area contributed by atoms with Crippen LogP contribution in [0.5, 0.6) is 11.9 Å². The first-order chi connectivity index (χ1) is 13.5. The Labute approximate surface area is 162 Å². The molecule has 0 atom stereocenters. The van der Waals surface area contributed by atoms with E-state index in [1.807, 2.05) is 51.1 Å². The van der Waals surface area contributed by atoms with Gasteiger partial charge in [-0.25, -0.2) is 4.68 Å². The van der Waals surface area contributed by atoms with Gasteiger partial charge < -0.3 is 15.4 Å². The summed E-state index contributed by atoms with van der Waals surface area (Å²) in [5, 5.41) is 10.4. The van der Waals surface area contributed by atoms with Crippen molar-refractivity contribution in [1.82, 2.24) is 24.7 Å². The van der Waals surface area contributed by atoms with Crippen LogP contribution in [0.25, 0.3) is 0 Å². The van der Waals surface area contributed by atoms with Crippen LogP contribution in [0.2, 0.25) is 0 Å². The van der Waals surface area contributed by atoms with Crippen molar-refractivity contribution < 1.29 is 4.74 Å². The van der Waals surface area contributed by atoms with Crippen LogP contribution >= 0.6 is 0 Å². The molecule has 0 aliphatic carbocycles. The van der Waals surface area contributed by atoms with E-state index < -0.39 is 0 Å². The van der Waals surface area contributed by atoms with Crippen LogP contribution in [0.1, 0.15) is 26.3 Å². The van der Waals surface area contributed by atoms with Gasteiger partial charge in [-0.2, -0.15) is 15.0 Å². The number of hydrogen-bond donors (Lipinski definition) is 2. The molecule has 0 saturated carbocycles. The van der Waals surface area contributed by atoms with Gasteiger partial charge in [0.25, 0.3) is 5.56 Å². The van der Waals surface area contributed by atoms with Gasteiger partial charge in [-0.05, 0) is 26.3 Å². The van der Waals surface area contributed by atoms with Gasteiger partial charge in [0.1, 0.15) is 0 Å². The zero-order chi connectivity index (χ0) is 19.9. The molecular weight excluding hydrogens is 358 g/mol. The highest BCUT2D eigenvalue weighted by molar-refractivity contribution is 5.36. The van der Waals surface area contributed by atoms with Gasteiger partial charge in [0, 0.05) is 24.7 Å². The van der Waals surface area contributed by atoms with E-state index in [9.17, 15) is 4.79 Å². The van der Waals surface area contributed by atoms with Crippen LogP contribution < -0.4 is 20.9 Å². The predicted octanol–water partition coefficient (Wildman–Crippen LogP) is 2.52. The Morgan fingerprint density at radius 1 is 1.04 bits per heavy atom. The first-order valence-corrected chi connectivity index (χ1v) is 9.10. The second-order valence-corrected chi connectivity index (χ2v) is 6.35. The Balaban J connectivity index is 1.85. The molecule has 3 aromatic rings. The summed E-state index contributed by atoms with van der Waals surface area (Å²) in [6, 6.07) is 12.8. The molecule has 146 valence electrons. The highest BCUT2D eigenvalue weighted by atomic mass is 16.5. The zero-order valence-corrected chi connectivity index (χ0v) is 16.1. The minimum atomic E-state index is -0.220. The normalized spacial score (nSPS) is 10.7. The fraction of sp³-hybridized carbons (Fsp3) is 0.316. The first-order valence-electron chi connectivity index (χ1n) is 9.10. The van der Waals surface area contributed by atoms with Crippen LogP contribution in [0.3, 0.4) is 0 Å². The molecule has 0 spiro atoms. The van der Waals surface area contributed by atoms with E-state index in [0.29, 0.717) is 25.0 Å². The molecule has 2 heterocycles. The summed E-state index contributed by atoms with van der Waals surface area (Å²) in [7, 11) is 0. The Morgan fingerprint density at radius 3 is 2.50 bits per heavy atom. The van der Waals surface area contributed by atoms with Gasteiger partial charge >= 0.3 is 6.01 Å². The molecule has 28 heavy (non-hydrogen) atoms. The van der Waals surface area contributed by atoms with E-state index >= 15 is 0 Å². The molecule has 1 aromatic carbocycles. The maximum Gasteiger partial charge on any atom is 0.330 e. The number of anilines is 2. The summed E-state index contributed by atoms with van der Waals surface area (Å²) in [4.78, 5) is 24.9. The highest BCUT2D eigenvalue weighted by Gasteiger charge is 2.11. The second kappa shape index (κ2) is 8.94. The zero-order valence-electron chi connectivity index (χ0n) is 16.1. The number of benzene rings is 1. The molecule has 0 radical (unpaired) electrons. The number of nitrogens with zero attached hydrogens (tertiary/aromatic N) is 5. The number of aromatic nitrogens is 5. The monoisotopic (exact) mass is 381 g/mol. The van der Waals surface area contributed by atoms with Crippen molar-refractivity contribution in [2.45, 2.75) is 33.4 Å². The molecule has 0 amide bonds. The number of rotatable bonds is 8. The van der Waals surface area contributed by atoms with Gasteiger partial charge in [0.15, 0.2) is 0 Å². The SMILES string of the molecule is CCNc1nc(NC(C)C)nc(Oc2ccc(=O)n(Cc3ccccc3)n2)n1. The van der Waals surface area contributed by atoms with Gasteiger partial charge in [0.05, 0.1) is 6.54 Å². The van der Waals surface area contributed by atoms with E-state index in [0.717, 1.165) is 5.56 Å². The Kier molecular flexibility index (Phi) is 6.15. The van der Waals surface area contributed by atoms with Crippen molar-refractivity contribution in [3.05, 3.63) is 58.4 Å². The quantitative estimate of drug-likeness (QED) is 0.613. The van der Waals surface area contributed by atoms with E-state index in [2.05, 4.69) is 30.7 Å². The van der Waals surface area contributed by atoms with Crippen LogP contribution in [-0.2, 0) is 6.54 Å². The Hall–Kier alpha value is -3.49. The standard InChI is InChI=1S/C19H23N7O2/c1-4-20-17-22-18(21-13(2)3)24-19(23-17)28-15-10-11-16(27)26(25-15)12-14-8-6-5-7-9-14/h5-11,13H,4,12H2,1-3H3,(H2,20,21,22,23,24). The molecule has 9 heteroatoms. The molecule has 0 bridgehead atoms. The third-order valence-electron chi connectivity index (χ3n) is 3.58. The molecule has 2 N–H and O–H groups in total. The van der Waals surface area contributed by atoms with Gasteiger partial charge in [-0.15, -0.1) is 5.10 Å². The van der Waals surface area contributed by atoms with Crippen molar-refractivity contribution in [3.8, 4) is 11.9 Å². The topological polar surface area (TPSA) is 107 Å². The van der Waals surface area contributed by atoms with Crippen LogP contribution in [0.4, 0.5) is 11.9 Å². The molecule has 0 saturated heterocycles. The summed E-state index contributed by atoms with van der Waals surface area (Å²) in [6.07, 6.45) is 0. The van der Waals surface area contributed by atoms with Crippen molar-refractivity contribution in [1.29, 1.82) is 0 Å². The van der Waals surface area contributed by atoms with E-state index in [4.69, 9.17) is 4.74 Å². The largest absolute Gasteiger partial charge is 0.403 e. The lowest BCUT2D eigenvalue weighted by Gasteiger charge is -2.12. The average Bonchev–Trinajstić information content (AvgIpc) is 2.65. The molecule has 0 aliphatic rings. The summed E-state index contributed by atoms with van der Waals surface area (Å²) in [5.74, 6) is 1.02. The lowest BCUT2D eigenvalue weighted by atomic mass is 10.2.